The lowest BCUT2D eigenvalue weighted by Gasteiger charge is -2.29. The molecule has 1 saturated heterocycles. The second-order valence-corrected chi connectivity index (χ2v) is 8.17. The molecule has 0 radical (unpaired) electrons. The first-order valence-electron chi connectivity index (χ1n) is 10.7. The van der Waals surface area contributed by atoms with Crippen LogP contribution in [0.4, 0.5) is 5.82 Å². The fraction of sp³-hybridized carbons (Fsp3) is 0.409. The molecule has 1 amide bonds. The number of hydrogen-bond donors (Lipinski definition) is 2. The van der Waals surface area contributed by atoms with Crippen molar-refractivity contribution in [2.45, 2.75) is 44.7 Å². The number of nitrogens with one attached hydrogen (secondary N) is 2. The van der Waals surface area contributed by atoms with Gasteiger partial charge in [0.1, 0.15) is 11.5 Å². The van der Waals surface area contributed by atoms with Crippen LogP contribution >= 0.6 is 0 Å². The van der Waals surface area contributed by atoms with E-state index in [9.17, 15) is 14.4 Å². The number of aromatic nitrogens is 4. The molecule has 2 aliphatic rings. The molecular formula is C22H24N6O3. The van der Waals surface area contributed by atoms with Crippen molar-refractivity contribution in [3.8, 4) is 0 Å². The fourth-order valence-electron chi connectivity index (χ4n) is 4.17. The number of anilines is 1. The molecule has 4 heterocycles. The molecule has 9 nitrogen and oxygen atoms in total. The van der Waals surface area contributed by atoms with Gasteiger partial charge in [0.2, 0.25) is 0 Å². The molecule has 31 heavy (non-hydrogen) atoms. The third kappa shape index (κ3) is 3.83. The molecule has 3 aromatic rings. The highest BCUT2D eigenvalue weighted by Crippen LogP contribution is 2.34. The second kappa shape index (κ2) is 7.98. The Bertz CT molecular complexity index is 1250. The first-order chi connectivity index (χ1) is 15.1. The quantitative estimate of drug-likeness (QED) is 0.650. The molecule has 160 valence electrons. The van der Waals surface area contributed by atoms with E-state index in [4.69, 9.17) is 0 Å². The number of carbonyl (C=O) groups is 1. The Balaban J connectivity index is 1.38. The Hall–Kier alpha value is -3.49. The lowest BCUT2D eigenvalue weighted by Crippen LogP contribution is -2.32. The van der Waals surface area contributed by atoms with Crippen LogP contribution in [-0.4, -0.2) is 38.5 Å². The highest BCUT2D eigenvalue weighted by Gasteiger charge is 2.28. The van der Waals surface area contributed by atoms with E-state index in [1.807, 2.05) is 12.1 Å². The molecule has 2 fully saturated rings. The summed E-state index contributed by atoms with van der Waals surface area (Å²) in [6, 6.07) is 5.40. The van der Waals surface area contributed by atoms with E-state index in [1.54, 1.807) is 6.20 Å². The van der Waals surface area contributed by atoms with Crippen LogP contribution < -0.4 is 21.5 Å². The van der Waals surface area contributed by atoms with Gasteiger partial charge in [0.15, 0.2) is 0 Å². The SMILES string of the molecule is O=C(NCc1cccnc1N1CCCCC1)c1cnc2c(c1)c(=O)[nH]c(=O)n2C1CC1. The number of piperidine rings is 1. The van der Waals surface area contributed by atoms with E-state index in [1.165, 1.54) is 23.3 Å². The molecule has 3 aromatic heterocycles. The summed E-state index contributed by atoms with van der Waals surface area (Å²) in [5.74, 6) is 0.579. The minimum absolute atomic E-state index is 0.0674. The number of hydrogen-bond acceptors (Lipinski definition) is 6. The molecule has 1 aliphatic carbocycles. The van der Waals surface area contributed by atoms with Crippen LogP contribution in [0.1, 0.15) is 54.1 Å². The van der Waals surface area contributed by atoms with Crippen molar-refractivity contribution in [1.82, 2.24) is 24.8 Å². The van der Waals surface area contributed by atoms with Gasteiger partial charge in [-0.05, 0) is 44.2 Å². The minimum atomic E-state index is -0.529. The van der Waals surface area contributed by atoms with Gasteiger partial charge in [-0.2, -0.15) is 0 Å². The van der Waals surface area contributed by atoms with Gasteiger partial charge in [-0.1, -0.05) is 6.07 Å². The van der Waals surface area contributed by atoms with E-state index in [2.05, 4.69) is 25.2 Å². The van der Waals surface area contributed by atoms with Crippen molar-refractivity contribution >= 4 is 22.8 Å². The topological polar surface area (TPSA) is 113 Å². The molecule has 1 aliphatic heterocycles. The van der Waals surface area contributed by atoms with Crippen LogP contribution in [0.3, 0.4) is 0 Å². The van der Waals surface area contributed by atoms with Crippen LogP contribution in [0.25, 0.3) is 11.0 Å². The highest BCUT2D eigenvalue weighted by atomic mass is 16.2. The van der Waals surface area contributed by atoms with Gasteiger partial charge >= 0.3 is 5.69 Å². The maximum atomic E-state index is 12.8. The van der Waals surface area contributed by atoms with Crippen molar-refractivity contribution in [2.75, 3.05) is 18.0 Å². The standard InChI is InChI=1S/C22H24N6O3/c29-20(25-12-14-5-4-8-23-18(14)27-9-2-1-3-10-27)15-11-17-19(24-13-15)28(16-6-7-16)22(31)26-21(17)30/h4-5,8,11,13,16H,1-3,6-7,9-10,12H2,(H,25,29)(H,26,30,31). The maximum Gasteiger partial charge on any atom is 0.330 e. The third-order valence-electron chi connectivity index (χ3n) is 5.92. The summed E-state index contributed by atoms with van der Waals surface area (Å²) in [6.07, 6.45) is 8.48. The van der Waals surface area contributed by atoms with Crippen LogP contribution in [0.15, 0.2) is 40.2 Å². The Kier molecular flexibility index (Phi) is 5.01. The number of carbonyl (C=O) groups excluding carboxylic acids is 1. The molecular weight excluding hydrogens is 396 g/mol. The van der Waals surface area contributed by atoms with Gasteiger partial charge in [0.05, 0.1) is 10.9 Å². The van der Waals surface area contributed by atoms with Gasteiger partial charge in [-0.25, -0.2) is 14.8 Å². The van der Waals surface area contributed by atoms with E-state index in [-0.39, 0.29) is 22.9 Å². The minimum Gasteiger partial charge on any atom is -0.356 e. The van der Waals surface area contributed by atoms with Crippen molar-refractivity contribution in [1.29, 1.82) is 0 Å². The molecule has 0 unspecified atom stereocenters. The Morgan fingerprint density at radius 2 is 1.97 bits per heavy atom. The zero-order chi connectivity index (χ0) is 21.4. The van der Waals surface area contributed by atoms with Gasteiger partial charge in [0.25, 0.3) is 11.5 Å². The fourth-order valence-corrected chi connectivity index (χ4v) is 4.17. The number of pyridine rings is 2. The molecule has 0 bridgehead atoms. The second-order valence-electron chi connectivity index (χ2n) is 8.17. The van der Waals surface area contributed by atoms with Crippen molar-refractivity contribution in [2.24, 2.45) is 0 Å². The molecule has 2 N–H and O–H groups in total. The van der Waals surface area contributed by atoms with Gasteiger partial charge < -0.3 is 10.2 Å². The van der Waals surface area contributed by atoms with Crippen molar-refractivity contribution < 1.29 is 4.79 Å². The highest BCUT2D eigenvalue weighted by molar-refractivity contribution is 5.96. The van der Waals surface area contributed by atoms with Gasteiger partial charge in [-0.15, -0.1) is 0 Å². The average Bonchev–Trinajstić information content (AvgIpc) is 3.63. The first-order valence-corrected chi connectivity index (χ1v) is 10.7. The Morgan fingerprint density at radius 1 is 1.16 bits per heavy atom. The first kappa shape index (κ1) is 19.5. The number of fused-ring (bicyclic) bond motifs is 1. The molecule has 1 saturated carbocycles. The number of nitrogens with zero attached hydrogens (tertiary/aromatic N) is 4. The summed E-state index contributed by atoms with van der Waals surface area (Å²) in [5, 5.41) is 3.16. The normalized spacial score (nSPS) is 16.5. The maximum absolute atomic E-state index is 12.8. The van der Waals surface area contributed by atoms with Crippen LogP contribution in [-0.2, 0) is 6.54 Å². The summed E-state index contributed by atoms with van der Waals surface area (Å²) in [4.78, 5) is 50.7. The summed E-state index contributed by atoms with van der Waals surface area (Å²) < 4.78 is 1.51. The molecule has 5 rings (SSSR count). The smallest absolute Gasteiger partial charge is 0.330 e. The average molecular weight is 420 g/mol. The van der Waals surface area contributed by atoms with E-state index >= 15 is 0 Å². The number of aromatic amines is 1. The Morgan fingerprint density at radius 3 is 2.74 bits per heavy atom. The monoisotopic (exact) mass is 420 g/mol. The van der Waals surface area contributed by atoms with Gasteiger partial charge in [0, 0.05) is 43.6 Å². The van der Waals surface area contributed by atoms with Crippen molar-refractivity contribution in [3.05, 3.63) is 62.6 Å². The van der Waals surface area contributed by atoms with E-state index in [0.717, 1.165) is 50.2 Å². The zero-order valence-electron chi connectivity index (χ0n) is 17.1. The van der Waals surface area contributed by atoms with E-state index < -0.39 is 11.2 Å². The summed E-state index contributed by atoms with van der Waals surface area (Å²) in [6.45, 7) is 2.27. The predicted molar refractivity (Wildman–Crippen MR) is 116 cm³/mol. The number of amides is 1. The van der Waals surface area contributed by atoms with Crippen molar-refractivity contribution in [3.63, 3.8) is 0 Å². The summed E-state index contributed by atoms with van der Waals surface area (Å²) in [5.41, 5.74) is 0.576. The number of H-pyrrole nitrogens is 1. The van der Waals surface area contributed by atoms with Gasteiger partial charge in [-0.3, -0.25) is 19.1 Å². The molecule has 0 aromatic carbocycles. The lowest BCUT2D eigenvalue weighted by atomic mass is 10.1. The summed E-state index contributed by atoms with van der Waals surface area (Å²) >= 11 is 0. The number of rotatable bonds is 5. The Labute approximate surface area is 178 Å². The molecule has 9 heteroatoms. The zero-order valence-corrected chi connectivity index (χ0v) is 17.1. The van der Waals surface area contributed by atoms with Crippen LogP contribution in [0.5, 0.6) is 0 Å². The molecule has 0 spiro atoms. The predicted octanol–water partition coefficient (Wildman–Crippen LogP) is 1.73. The van der Waals surface area contributed by atoms with Crippen LogP contribution in [0, 0.1) is 0 Å². The van der Waals surface area contributed by atoms with Crippen LogP contribution in [0.2, 0.25) is 0 Å². The van der Waals surface area contributed by atoms with E-state index in [0.29, 0.717) is 12.2 Å². The largest absolute Gasteiger partial charge is 0.356 e. The summed E-state index contributed by atoms with van der Waals surface area (Å²) in [7, 11) is 0. The molecule has 0 atom stereocenters. The lowest BCUT2D eigenvalue weighted by molar-refractivity contribution is 0.0950. The third-order valence-corrected chi connectivity index (χ3v) is 5.92.